The van der Waals surface area contributed by atoms with Crippen molar-refractivity contribution in [3.63, 3.8) is 0 Å². The maximum atomic E-state index is 13.0. The fourth-order valence-electron chi connectivity index (χ4n) is 5.05. The minimum atomic E-state index is -0.235. The molecule has 2 bridgehead atoms. The minimum Gasteiger partial charge on any atom is -0.445 e. The minimum absolute atomic E-state index is 0.0477. The quantitative estimate of drug-likeness (QED) is 0.721. The Morgan fingerprint density at radius 2 is 1.55 bits per heavy atom. The van der Waals surface area contributed by atoms with Crippen LogP contribution in [0.4, 0.5) is 4.79 Å². The Labute approximate surface area is 172 Å². The zero-order valence-electron chi connectivity index (χ0n) is 17.3. The smallest absolute Gasteiger partial charge is 0.410 e. The van der Waals surface area contributed by atoms with Crippen LogP contribution in [0.1, 0.15) is 47.9 Å². The molecule has 1 amide bonds. The van der Waals surface area contributed by atoms with Crippen LogP contribution in [0.15, 0.2) is 48.5 Å². The summed E-state index contributed by atoms with van der Waals surface area (Å²) in [5, 5.41) is 0. The number of ketones is 1. The largest absolute Gasteiger partial charge is 0.445 e. The Morgan fingerprint density at radius 3 is 2.17 bits per heavy atom. The molecule has 2 aliphatic rings. The van der Waals surface area contributed by atoms with Crippen LogP contribution in [0, 0.1) is 19.8 Å². The molecule has 2 unspecified atom stereocenters. The highest BCUT2D eigenvalue weighted by Gasteiger charge is 2.45. The molecule has 152 valence electrons. The van der Waals surface area contributed by atoms with Gasteiger partial charge in [-0.05, 0) is 50.7 Å². The zero-order valence-corrected chi connectivity index (χ0v) is 17.3. The first-order valence-electron chi connectivity index (χ1n) is 10.6. The first-order chi connectivity index (χ1) is 14.0. The van der Waals surface area contributed by atoms with Gasteiger partial charge in [0, 0.05) is 24.4 Å². The lowest BCUT2D eigenvalue weighted by Crippen LogP contribution is -2.48. The Hall–Kier alpha value is -2.62. The molecule has 2 aromatic carbocycles. The van der Waals surface area contributed by atoms with Crippen molar-refractivity contribution in [2.45, 2.75) is 64.6 Å². The number of rotatable bonds is 5. The van der Waals surface area contributed by atoms with Crippen molar-refractivity contribution in [3.05, 3.63) is 70.8 Å². The van der Waals surface area contributed by atoms with Crippen molar-refractivity contribution in [1.29, 1.82) is 0 Å². The maximum absolute atomic E-state index is 13.0. The van der Waals surface area contributed by atoms with Crippen molar-refractivity contribution in [1.82, 2.24) is 4.90 Å². The third-order valence-corrected chi connectivity index (χ3v) is 6.26. The summed E-state index contributed by atoms with van der Waals surface area (Å²) < 4.78 is 5.57. The predicted octanol–water partition coefficient (Wildman–Crippen LogP) is 4.99. The fourth-order valence-corrected chi connectivity index (χ4v) is 5.05. The van der Waals surface area contributed by atoms with Gasteiger partial charge in [-0.15, -0.1) is 0 Å². The fraction of sp³-hybridized carbons (Fsp3) is 0.440. The number of nitrogens with zero attached hydrogens (tertiary/aromatic N) is 1. The Bertz CT molecular complexity index is 858. The summed E-state index contributed by atoms with van der Waals surface area (Å²) in [5.41, 5.74) is 4.49. The Kier molecular flexibility index (Phi) is 5.70. The number of hydrogen-bond donors (Lipinski definition) is 0. The van der Waals surface area contributed by atoms with E-state index in [1.807, 2.05) is 35.2 Å². The van der Waals surface area contributed by atoms with Crippen LogP contribution >= 0.6 is 0 Å². The summed E-state index contributed by atoms with van der Waals surface area (Å²) in [7, 11) is 0. The normalized spacial score (nSPS) is 23.1. The molecule has 0 radical (unpaired) electrons. The van der Waals surface area contributed by atoms with Crippen molar-refractivity contribution in [2.24, 2.45) is 5.92 Å². The average Bonchev–Trinajstić information content (AvgIpc) is 2.95. The molecule has 2 aliphatic heterocycles. The van der Waals surface area contributed by atoms with Crippen LogP contribution in [-0.4, -0.2) is 28.9 Å². The standard InChI is InChI=1S/C25H29NO3/c1-17-10-18(2)12-20(11-17)13-24(27)21-14-22-8-9-23(15-21)26(22)25(28)29-16-19-6-4-3-5-7-19/h3-7,10-12,21-23H,8-9,13-16H2,1-2H3. The second-order valence-corrected chi connectivity index (χ2v) is 8.64. The molecule has 2 heterocycles. The van der Waals surface area contributed by atoms with E-state index in [1.54, 1.807) is 0 Å². The third-order valence-electron chi connectivity index (χ3n) is 6.26. The van der Waals surface area contributed by atoms with Gasteiger partial charge in [0.05, 0.1) is 0 Å². The van der Waals surface area contributed by atoms with E-state index in [1.165, 1.54) is 11.1 Å². The second-order valence-electron chi connectivity index (χ2n) is 8.64. The number of carbonyl (C=O) groups is 2. The van der Waals surface area contributed by atoms with Gasteiger partial charge in [-0.2, -0.15) is 0 Å². The van der Waals surface area contributed by atoms with Crippen LogP contribution in [0.25, 0.3) is 0 Å². The van der Waals surface area contributed by atoms with Crippen molar-refractivity contribution < 1.29 is 14.3 Å². The van der Waals surface area contributed by atoms with E-state index in [0.29, 0.717) is 18.8 Å². The molecular weight excluding hydrogens is 362 g/mol. The highest BCUT2D eigenvalue weighted by atomic mass is 16.6. The van der Waals surface area contributed by atoms with Crippen LogP contribution in [0.2, 0.25) is 0 Å². The van der Waals surface area contributed by atoms with Crippen molar-refractivity contribution in [3.8, 4) is 0 Å². The molecule has 29 heavy (non-hydrogen) atoms. The van der Waals surface area contributed by atoms with E-state index < -0.39 is 0 Å². The summed E-state index contributed by atoms with van der Waals surface area (Å²) in [5.74, 6) is 0.357. The van der Waals surface area contributed by atoms with Gasteiger partial charge in [0.15, 0.2) is 0 Å². The van der Waals surface area contributed by atoms with E-state index in [4.69, 9.17) is 4.74 Å². The highest BCUT2D eigenvalue weighted by molar-refractivity contribution is 5.84. The predicted molar refractivity (Wildman–Crippen MR) is 113 cm³/mol. The molecule has 2 fully saturated rings. The lowest BCUT2D eigenvalue weighted by Gasteiger charge is -2.37. The lowest BCUT2D eigenvalue weighted by molar-refractivity contribution is -0.124. The average molecular weight is 392 g/mol. The van der Waals surface area contributed by atoms with E-state index in [-0.39, 0.29) is 24.1 Å². The monoisotopic (exact) mass is 391 g/mol. The summed E-state index contributed by atoms with van der Waals surface area (Å²) in [6.45, 7) is 4.44. The second kappa shape index (κ2) is 8.40. The molecule has 0 spiro atoms. The molecule has 4 nitrogen and oxygen atoms in total. The number of Topliss-reactive ketones (excluding diaryl/α,β-unsaturated/α-hetero) is 1. The first-order valence-corrected chi connectivity index (χ1v) is 10.6. The summed E-state index contributed by atoms with van der Waals surface area (Å²) in [6.07, 6.45) is 3.73. The van der Waals surface area contributed by atoms with E-state index in [2.05, 4.69) is 32.0 Å². The molecule has 0 N–H and O–H groups in total. The van der Waals surface area contributed by atoms with Crippen LogP contribution in [0.3, 0.4) is 0 Å². The van der Waals surface area contributed by atoms with Gasteiger partial charge in [-0.3, -0.25) is 4.79 Å². The lowest BCUT2D eigenvalue weighted by atomic mass is 9.85. The van der Waals surface area contributed by atoms with E-state index in [9.17, 15) is 9.59 Å². The van der Waals surface area contributed by atoms with Gasteiger partial charge in [0.1, 0.15) is 12.4 Å². The van der Waals surface area contributed by atoms with E-state index in [0.717, 1.165) is 36.8 Å². The Morgan fingerprint density at radius 1 is 0.931 bits per heavy atom. The van der Waals surface area contributed by atoms with E-state index >= 15 is 0 Å². The van der Waals surface area contributed by atoms with Crippen molar-refractivity contribution in [2.75, 3.05) is 0 Å². The van der Waals surface area contributed by atoms with Gasteiger partial charge in [-0.1, -0.05) is 59.7 Å². The molecule has 0 saturated carbocycles. The van der Waals surface area contributed by atoms with Crippen LogP contribution in [0.5, 0.6) is 0 Å². The molecular formula is C25H29NO3. The topological polar surface area (TPSA) is 46.6 Å². The summed E-state index contributed by atoms with van der Waals surface area (Å²) in [6, 6.07) is 16.4. The molecule has 2 aromatic rings. The van der Waals surface area contributed by atoms with Gasteiger partial charge in [-0.25, -0.2) is 4.79 Å². The molecule has 2 saturated heterocycles. The zero-order chi connectivity index (χ0) is 20.4. The van der Waals surface area contributed by atoms with Crippen LogP contribution < -0.4 is 0 Å². The molecule has 0 aromatic heterocycles. The number of carbonyl (C=O) groups excluding carboxylic acids is 2. The number of hydrogen-bond acceptors (Lipinski definition) is 3. The van der Waals surface area contributed by atoms with Gasteiger partial charge in [0.25, 0.3) is 0 Å². The molecule has 4 rings (SSSR count). The van der Waals surface area contributed by atoms with Gasteiger partial charge in [0.2, 0.25) is 0 Å². The van der Waals surface area contributed by atoms with Crippen molar-refractivity contribution >= 4 is 11.9 Å². The third kappa shape index (κ3) is 4.52. The number of benzene rings is 2. The number of aryl methyl sites for hydroxylation is 2. The number of ether oxygens (including phenoxy) is 1. The van der Waals surface area contributed by atoms with Crippen LogP contribution in [-0.2, 0) is 22.6 Å². The first kappa shape index (κ1) is 19.7. The molecule has 4 heteroatoms. The SMILES string of the molecule is Cc1cc(C)cc(CC(=O)C2CC3CCC(C2)N3C(=O)OCc2ccccc2)c1. The summed E-state index contributed by atoms with van der Waals surface area (Å²) in [4.78, 5) is 27.6. The van der Waals surface area contributed by atoms with Gasteiger partial charge >= 0.3 is 6.09 Å². The number of piperidine rings is 1. The van der Waals surface area contributed by atoms with Gasteiger partial charge < -0.3 is 9.64 Å². The molecule has 2 atom stereocenters. The highest BCUT2D eigenvalue weighted by Crippen LogP contribution is 2.40. The Balaban J connectivity index is 1.35. The maximum Gasteiger partial charge on any atom is 0.410 e. The molecule has 0 aliphatic carbocycles. The number of fused-ring (bicyclic) bond motifs is 2. The number of amides is 1. The summed E-state index contributed by atoms with van der Waals surface area (Å²) >= 11 is 0.